The van der Waals surface area contributed by atoms with E-state index in [1.165, 1.54) is 0 Å². The van der Waals surface area contributed by atoms with Gasteiger partial charge in [-0.25, -0.2) is 0 Å². The van der Waals surface area contributed by atoms with Crippen LogP contribution in [0.3, 0.4) is 0 Å². The summed E-state index contributed by atoms with van der Waals surface area (Å²) in [4.78, 5) is 27.1. The molecular formula is C20H29N3O3. The van der Waals surface area contributed by atoms with Crippen molar-refractivity contribution in [1.82, 2.24) is 15.5 Å². The number of methoxy groups -OCH3 is 1. The normalized spacial score (nSPS) is 29.3. The standard InChI is InChI=1S/C20H29N3O3/c1-13-12-21-11-10-17(13)22-20(25)16-8-9-18(24)23(2)19(16)14-4-6-15(26-3)7-5-14/h4-7,13,16-17,19,21H,8-12H2,1-3H3,(H,22,25). The molecule has 2 aliphatic heterocycles. The largest absolute Gasteiger partial charge is 0.497 e. The molecule has 0 saturated carbocycles. The van der Waals surface area contributed by atoms with Crippen molar-refractivity contribution in [3.05, 3.63) is 29.8 Å². The van der Waals surface area contributed by atoms with E-state index >= 15 is 0 Å². The molecule has 2 amide bonds. The van der Waals surface area contributed by atoms with E-state index in [0.717, 1.165) is 30.8 Å². The lowest BCUT2D eigenvalue weighted by Gasteiger charge is -2.40. The molecule has 4 atom stereocenters. The van der Waals surface area contributed by atoms with E-state index in [2.05, 4.69) is 17.6 Å². The van der Waals surface area contributed by atoms with Gasteiger partial charge < -0.3 is 20.3 Å². The van der Waals surface area contributed by atoms with E-state index < -0.39 is 0 Å². The van der Waals surface area contributed by atoms with Crippen molar-refractivity contribution < 1.29 is 14.3 Å². The highest BCUT2D eigenvalue weighted by molar-refractivity contribution is 5.85. The molecule has 3 rings (SSSR count). The van der Waals surface area contributed by atoms with Crippen molar-refractivity contribution >= 4 is 11.8 Å². The summed E-state index contributed by atoms with van der Waals surface area (Å²) < 4.78 is 5.23. The summed E-state index contributed by atoms with van der Waals surface area (Å²) in [7, 11) is 3.42. The Bertz CT molecular complexity index is 646. The Morgan fingerprint density at radius 2 is 2.00 bits per heavy atom. The van der Waals surface area contributed by atoms with Crippen LogP contribution in [-0.2, 0) is 9.59 Å². The molecule has 2 aliphatic rings. The number of likely N-dealkylation sites (tertiary alicyclic amines) is 1. The molecule has 6 nitrogen and oxygen atoms in total. The van der Waals surface area contributed by atoms with Crippen molar-refractivity contribution in [2.45, 2.75) is 38.3 Å². The van der Waals surface area contributed by atoms with Crippen LogP contribution in [0.5, 0.6) is 5.75 Å². The number of carbonyl (C=O) groups is 2. The molecule has 1 aromatic carbocycles. The van der Waals surface area contributed by atoms with Crippen LogP contribution in [0.2, 0.25) is 0 Å². The maximum atomic E-state index is 13.1. The fourth-order valence-electron chi connectivity index (χ4n) is 4.09. The predicted octanol–water partition coefficient (Wildman–Crippen LogP) is 1.72. The monoisotopic (exact) mass is 359 g/mol. The first-order valence-electron chi connectivity index (χ1n) is 9.42. The molecule has 1 aromatic rings. The molecule has 0 aliphatic carbocycles. The van der Waals surface area contributed by atoms with Crippen LogP contribution in [0, 0.1) is 11.8 Å². The maximum Gasteiger partial charge on any atom is 0.225 e. The lowest BCUT2D eigenvalue weighted by molar-refractivity contribution is -0.142. The number of nitrogens with one attached hydrogen (secondary N) is 2. The number of hydrogen-bond acceptors (Lipinski definition) is 4. The zero-order valence-electron chi connectivity index (χ0n) is 15.8. The molecule has 4 unspecified atom stereocenters. The highest BCUT2D eigenvalue weighted by Crippen LogP contribution is 2.36. The van der Waals surface area contributed by atoms with Crippen LogP contribution < -0.4 is 15.4 Å². The third-order valence-corrected chi connectivity index (χ3v) is 5.77. The number of rotatable bonds is 4. The molecule has 142 valence electrons. The van der Waals surface area contributed by atoms with Crippen molar-refractivity contribution in [3.63, 3.8) is 0 Å². The third kappa shape index (κ3) is 3.85. The summed E-state index contributed by atoms with van der Waals surface area (Å²) in [6.45, 7) is 4.02. The molecule has 2 heterocycles. The Morgan fingerprint density at radius 3 is 2.65 bits per heavy atom. The molecule has 6 heteroatoms. The first-order valence-corrected chi connectivity index (χ1v) is 9.42. The molecular weight excluding hydrogens is 330 g/mol. The van der Waals surface area contributed by atoms with Crippen molar-refractivity contribution in [1.29, 1.82) is 0 Å². The molecule has 26 heavy (non-hydrogen) atoms. The highest BCUT2D eigenvalue weighted by Gasteiger charge is 2.39. The first kappa shape index (κ1) is 18.7. The minimum Gasteiger partial charge on any atom is -0.497 e. The van der Waals surface area contributed by atoms with Crippen molar-refractivity contribution in [2.24, 2.45) is 11.8 Å². The van der Waals surface area contributed by atoms with Gasteiger partial charge in [0.25, 0.3) is 0 Å². The second kappa shape index (κ2) is 8.08. The quantitative estimate of drug-likeness (QED) is 0.859. The van der Waals surface area contributed by atoms with E-state index in [4.69, 9.17) is 4.74 Å². The van der Waals surface area contributed by atoms with Gasteiger partial charge in [-0.15, -0.1) is 0 Å². The Balaban J connectivity index is 1.80. The number of benzene rings is 1. The third-order valence-electron chi connectivity index (χ3n) is 5.77. The average molecular weight is 359 g/mol. The van der Waals surface area contributed by atoms with E-state index in [9.17, 15) is 9.59 Å². The average Bonchev–Trinajstić information content (AvgIpc) is 2.65. The van der Waals surface area contributed by atoms with Gasteiger partial charge in [-0.3, -0.25) is 9.59 Å². The lowest BCUT2D eigenvalue weighted by atomic mass is 9.83. The van der Waals surface area contributed by atoms with Gasteiger partial charge in [-0.05, 0) is 49.5 Å². The Hall–Kier alpha value is -2.08. The van der Waals surface area contributed by atoms with Gasteiger partial charge in [0.05, 0.1) is 19.1 Å². The number of ether oxygens (including phenoxy) is 1. The van der Waals surface area contributed by atoms with E-state index in [0.29, 0.717) is 18.8 Å². The van der Waals surface area contributed by atoms with Crippen LogP contribution in [0.25, 0.3) is 0 Å². The van der Waals surface area contributed by atoms with Crippen molar-refractivity contribution in [3.8, 4) is 5.75 Å². The van der Waals surface area contributed by atoms with Gasteiger partial charge in [0.2, 0.25) is 11.8 Å². The summed E-state index contributed by atoms with van der Waals surface area (Å²) in [5, 5.41) is 6.61. The minimum atomic E-state index is -0.237. The van der Waals surface area contributed by atoms with Gasteiger partial charge in [-0.2, -0.15) is 0 Å². The summed E-state index contributed by atoms with van der Waals surface area (Å²) in [6.07, 6.45) is 1.95. The summed E-state index contributed by atoms with van der Waals surface area (Å²) in [6, 6.07) is 7.62. The minimum absolute atomic E-state index is 0.0592. The summed E-state index contributed by atoms with van der Waals surface area (Å²) in [5.74, 6) is 1.10. The maximum absolute atomic E-state index is 13.1. The fourth-order valence-corrected chi connectivity index (χ4v) is 4.09. The summed E-state index contributed by atoms with van der Waals surface area (Å²) in [5.41, 5.74) is 0.972. The summed E-state index contributed by atoms with van der Waals surface area (Å²) >= 11 is 0. The number of amides is 2. The van der Waals surface area contributed by atoms with E-state index in [1.54, 1.807) is 19.1 Å². The van der Waals surface area contributed by atoms with Gasteiger partial charge in [-0.1, -0.05) is 19.1 Å². The first-order chi connectivity index (χ1) is 12.5. The van der Waals surface area contributed by atoms with Gasteiger partial charge in [0.15, 0.2) is 0 Å². The number of piperidine rings is 2. The number of hydrogen-bond donors (Lipinski definition) is 2. The lowest BCUT2D eigenvalue weighted by Crippen LogP contribution is -2.52. The molecule has 0 bridgehead atoms. The van der Waals surface area contributed by atoms with Crippen LogP contribution in [0.1, 0.15) is 37.8 Å². The van der Waals surface area contributed by atoms with Crippen LogP contribution >= 0.6 is 0 Å². The van der Waals surface area contributed by atoms with Gasteiger partial charge in [0.1, 0.15) is 5.75 Å². The fraction of sp³-hybridized carbons (Fsp3) is 0.600. The molecule has 0 spiro atoms. The Morgan fingerprint density at radius 1 is 1.27 bits per heavy atom. The Kier molecular flexibility index (Phi) is 5.81. The molecule has 0 radical (unpaired) electrons. The van der Waals surface area contributed by atoms with Gasteiger partial charge >= 0.3 is 0 Å². The number of nitrogens with zero attached hydrogens (tertiary/aromatic N) is 1. The second-order valence-electron chi connectivity index (χ2n) is 7.45. The zero-order chi connectivity index (χ0) is 18.7. The smallest absolute Gasteiger partial charge is 0.225 e. The van der Waals surface area contributed by atoms with Crippen molar-refractivity contribution in [2.75, 3.05) is 27.2 Å². The number of carbonyl (C=O) groups excluding carboxylic acids is 2. The molecule has 0 aromatic heterocycles. The molecule has 2 fully saturated rings. The molecule has 2 saturated heterocycles. The van der Waals surface area contributed by atoms with Crippen LogP contribution in [0.15, 0.2) is 24.3 Å². The SMILES string of the molecule is COc1ccc(C2C(C(=O)NC3CCNCC3C)CCC(=O)N2C)cc1. The highest BCUT2D eigenvalue weighted by atomic mass is 16.5. The van der Waals surface area contributed by atoms with Gasteiger partial charge in [0, 0.05) is 19.5 Å². The van der Waals surface area contributed by atoms with Crippen LogP contribution in [0.4, 0.5) is 0 Å². The molecule has 2 N–H and O–H groups in total. The topological polar surface area (TPSA) is 70.7 Å². The predicted molar refractivity (Wildman–Crippen MR) is 99.8 cm³/mol. The van der Waals surface area contributed by atoms with E-state index in [-0.39, 0.29) is 29.8 Å². The van der Waals surface area contributed by atoms with E-state index in [1.807, 2.05) is 24.3 Å². The van der Waals surface area contributed by atoms with Crippen LogP contribution in [-0.4, -0.2) is 50.0 Å². The Labute approximate surface area is 155 Å². The zero-order valence-corrected chi connectivity index (χ0v) is 15.8. The second-order valence-corrected chi connectivity index (χ2v) is 7.45.